The van der Waals surface area contributed by atoms with Crippen LogP contribution < -0.4 is 4.74 Å². The quantitative estimate of drug-likeness (QED) is 0.701. The largest absolute Gasteiger partial charge is 0.496 e. The molecular weight excluding hydrogens is 174 g/mol. The Hall–Kier alpha value is -1.38. The van der Waals surface area contributed by atoms with Crippen molar-refractivity contribution in [2.24, 2.45) is 0 Å². The molecule has 0 saturated carbocycles. The van der Waals surface area contributed by atoms with Gasteiger partial charge in [-0.2, -0.15) is 0 Å². The van der Waals surface area contributed by atoms with Gasteiger partial charge in [-0.05, 0) is 18.2 Å². The van der Waals surface area contributed by atoms with Crippen LogP contribution in [0.15, 0.2) is 30.3 Å². The van der Waals surface area contributed by atoms with Gasteiger partial charge >= 0.3 is 0 Å². The average Bonchev–Trinajstić information content (AvgIpc) is 2.15. The van der Waals surface area contributed by atoms with Gasteiger partial charge in [0.2, 0.25) is 0 Å². The van der Waals surface area contributed by atoms with Gasteiger partial charge < -0.3 is 4.74 Å². The minimum absolute atomic E-state index is 0.597. The Kier molecular flexibility index (Phi) is 3.43. The Morgan fingerprint density at radius 2 is 2.00 bits per heavy atom. The van der Waals surface area contributed by atoms with Gasteiger partial charge in [0.25, 0.3) is 6.43 Å². The van der Waals surface area contributed by atoms with E-state index in [9.17, 15) is 8.78 Å². The molecule has 0 aliphatic heterocycles. The van der Waals surface area contributed by atoms with Crippen LogP contribution in [0.1, 0.15) is 5.56 Å². The Morgan fingerprint density at radius 1 is 1.31 bits per heavy atom. The topological polar surface area (TPSA) is 9.23 Å². The summed E-state index contributed by atoms with van der Waals surface area (Å²) in [4.78, 5) is 0. The molecule has 1 nitrogen and oxygen atoms in total. The van der Waals surface area contributed by atoms with Crippen LogP contribution in [0.5, 0.6) is 5.75 Å². The van der Waals surface area contributed by atoms with Gasteiger partial charge in [0, 0.05) is 5.56 Å². The standard InChI is InChI=1S/C10H10F2O/c1-13-9-5-3-2-4-8(9)6-7-10(11)12/h2-7,10H,1H3. The Labute approximate surface area is 75.6 Å². The number of benzene rings is 1. The maximum atomic E-state index is 11.8. The normalized spacial score (nSPS) is 11.1. The third kappa shape index (κ3) is 2.86. The fourth-order valence-corrected chi connectivity index (χ4v) is 0.981. The van der Waals surface area contributed by atoms with E-state index in [2.05, 4.69) is 0 Å². The molecular formula is C10H10F2O. The van der Waals surface area contributed by atoms with Crippen LogP contribution in [0.4, 0.5) is 8.78 Å². The van der Waals surface area contributed by atoms with E-state index in [4.69, 9.17) is 4.74 Å². The first kappa shape index (κ1) is 9.71. The van der Waals surface area contributed by atoms with Crippen molar-refractivity contribution in [1.29, 1.82) is 0 Å². The summed E-state index contributed by atoms with van der Waals surface area (Å²) in [5.74, 6) is 0.597. The second-order valence-corrected chi connectivity index (χ2v) is 2.44. The van der Waals surface area contributed by atoms with Gasteiger partial charge in [0.1, 0.15) is 5.75 Å². The van der Waals surface area contributed by atoms with Crippen molar-refractivity contribution in [3.63, 3.8) is 0 Å². The predicted octanol–water partition coefficient (Wildman–Crippen LogP) is 2.97. The number of allylic oxidation sites excluding steroid dienone is 1. The number of alkyl halides is 2. The summed E-state index contributed by atoms with van der Waals surface area (Å²) in [7, 11) is 1.51. The maximum absolute atomic E-state index is 11.8. The molecule has 1 rings (SSSR count). The highest BCUT2D eigenvalue weighted by atomic mass is 19.3. The molecule has 13 heavy (non-hydrogen) atoms. The number of methoxy groups -OCH3 is 1. The molecule has 0 radical (unpaired) electrons. The van der Waals surface area contributed by atoms with Crippen molar-refractivity contribution in [1.82, 2.24) is 0 Å². The fraction of sp³-hybridized carbons (Fsp3) is 0.200. The lowest BCUT2D eigenvalue weighted by molar-refractivity contribution is 0.205. The van der Waals surface area contributed by atoms with Crippen LogP contribution in [-0.4, -0.2) is 13.5 Å². The first-order chi connectivity index (χ1) is 6.24. The minimum atomic E-state index is -2.43. The molecule has 3 heteroatoms. The molecule has 0 heterocycles. The zero-order chi connectivity index (χ0) is 9.68. The molecule has 0 unspecified atom stereocenters. The molecule has 0 aliphatic rings. The van der Waals surface area contributed by atoms with Crippen molar-refractivity contribution in [3.05, 3.63) is 35.9 Å². The fourth-order valence-electron chi connectivity index (χ4n) is 0.981. The van der Waals surface area contributed by atoms with E-state index in [1.165, 1.54) is 13.2 Å². The number of hydrogen-bond donors (Lipinski definition) is 0. The summed E-state index contributed by atoms with van der Waals surface area (Å²) in [6, 6.07) is 7.01. The zero-order valence-electron chi connectivity index (χ0n) is 7.21. The van der Waals surface area contributed by atoms with Gasteiger partial charge in [-0.15, -0.1) is 0 Å². The van der Waals surface area contributed by atoms with Gasteiger partial charge in [-0.3, -0.25) is 0 Å². The summed E-state index contributed by atoms with van der Waals surface area (Å²) in [6.45, 7) is 0. The monoisotopic (exact) mass is 184 g/mol. The first-order valence-electron chi connectivity index (χ1n) is 3.83. The predicted molar refractivity (Wildman–Crippen MR) is 48.0 cm³/mol. The summed E-state index contributed by atoms with van der Waals surface area (Å²) in [5, 5.41) is 0. The highest BCUT2D eigenvalue weighted by Crippen LogP contribution is 2.19. The van der Waals surface area contributed by atoms with Crippen LogP contribution in [0.2, 0.25) is 0 Å². The second-order valence-electron chi connectivity index (χ2n) is 2.44. The summed E-state index contributed by atoms with van der Waals surface area (Å²) in [6.07, 6.45) is -0.244. The van der Waals surface area contributed by atoms with Crippen molar-refractivity contribution >= 4 is 6.08 Å². The number of ether oxygens (including phenoxy) is 1. The Morgan fingerprint density at radius 3 is 2.62 bits per heavy atom. The number of rotatable bonds is 3. The molecule has 0 saturated heterocycles. The molecule has 1 aromatic carbocycles. The van der Waals surface area contributed by atoms with Crippen molar-refractivity contribution in [2.75, 3.05) is 7.11 Å². The van der Waals surface area contributed by atoms with Gasteiger partial charge in [0.15, 0.2) is 0 Å². The third-order valence-electron chi connectivity index (χ3n) is 1.56. The third-order valence-corrected chi connectivity index (χ3v) is 1.56. The van der Waals surface area contributed by atoms with Crippen molar-refractivity contribution in [3.8, 4) is 5.75 Å². The highest BCUT2D eigenvalue weighted by Gasteiger charge is 1.98. The molecule has 0 aromatic heterocycles. The average molecular weight is 184 g/mol. The molecule has 0 fully saturated rings. The van der Waals surface area contributed by atoms with E-state index in [-0.39, 0.29) is 0 Å². The van der Waals surface area contributed by atoms with E-state index >= 15 is 0 Å². The van der Waals surface area contributed by atoms with E-state index in [1.807, 2.05) is 0 Å². The molecule has 0 bridgehead atoms. The Bertz CT molecular complexity index is 295. The Balaban J connectivity index is 2.87. The number of para-hydroxylation sites is 1. The molecule has 0 aliphatic carbocycles. The number of halogens is 2. The lowest BCUT2D eigenvalue weighted by atomic mass is 10.2. The number of hydrogen-bond acceptors (Lipinski definition) is 1. The summed E-state index contributed by atoms with van der Waals surface area (Å²) >= 11 is 0. The van der Waals surface area contributed by atoms with Crippen molar-refractivity contribution < 1.29 is 13.5 Å². The van der Waals surface area contributed by atoms with Crippen LogP contribution in [0, 0.1) is 0 Å². The highest BCUT2D eigenvalue weighted by molar-refractivity contribution is 5.57. The van der Waals surface area contributed by atoms with Crippen molar-refractivity contribution in [2.45, 2.75) is 6.43 Å². The molecule has 0 N–H and O–H groups in total. The van der Waals surface area contributed by atoms with E-state index in [1.54, 1.807) is 24.3 Å². The summed E-state index contributed by atoms with van der Waals surface area (Å²) in [5.41, 5.74) is 0.658. The molecule has 1 aromatic rings. The van der Waals surface area contributed by atoms with Crippen LogP contribution >= 0.6 is 0 Å². The SMILES string of the molecule is COc1ccccc1C=CC(F)F. The van der Waals surface area contributed by atoms with E-state index in [0.717, 1.165) is 6.08 Å². The smallest absolute Gasteiger partial charge is 0.257 e. The molecule has 0 amide bonds. The van der Waals surface area contributed by atoms with Gasteiger partial charge in [-0.1, -0.05) is 18.2 Å². The zero-order valence-corrected chi connectivity index (χ0v) is 7.21. The van der Waals surface area contributed by atoms with Gasteiger partial charge in [0.05, 0.1) is 7.11 Å². The van der Waals surface area contributed by atoms with E-state index in [0.29, 0.717) is 11.3 Å². The van der Waals surface area contributed by atoms with E-state index < -0.39 is 6.43 Å². The lowest BCUT2D eigenvalue weighted by Crippen LogP contribution is -1.86. The molecule has 0 spiro atoms. The maximum Gasteiger partial charge on any atom is 0.257 e. The first-order valence-corrected chi connectivity index (χ1v) is 3.83. The molecule has 70 valence electrons. The van der Waals surface area contributed by atoms with Gasteiger partial charge in [-0.25, -0.2) is 8.78 Å². The lowest BCUT2D eigenvalue weighted by Gasteiger charge is -2.02. The van der Waals surface area contributed by atoms with Crippen LogP contribution in [0.3, 0.4) is 0 Å². The van der Waals surface area contributed by atoms with Crippen LogP contribution in [0.25, 0.3) is 6.08 Å². The molecule has 0 atom stereocenters. The minimum Gasteiger partial charge on any atom is -0.496 e. The summed E-state index contributed by atoms with van der Waals surface area (Å²) < 4.78 is 28.6. The van der Waals surface area contributed by atoms with Crippen LogP contribution in [-0.2, 0) is 0 Å². The second kappa shape index (κ2) is 4.60.